The minimum Gasteiger partial charge on any atom is -0.481 e. The molecule has 5 aliphatic rings. The van der Waals surface area contributed by atoms with Gasteiger partial charge in [0.15, 0.2) is 0 Å². The molecule has 4 aliphatic carbocycles. The predicted octanol–water partition coefficient (Wildman–Crippen LogP) is 1.58. The van der Waals surface area contributed by atoms with Crippen LogP contribution in [0.4, 0.5) is 0 Å². The van der Waals surface area contributed by atoms with Gasteiger partial charge in [0.25, 0.3) is 0 Å². The Bertz CT molecular complexity index is 1500. The van der Waals surface area contributed by atoms with Crippen molar-refractivity contribution in [2.45, 2.75) is 104 Å². The lowest BCUT2D eigenvalue weighted by Gasteiger charge is -2.62. The number of fused-ring (bicyclic) bond motifs is 5. The zero-order valence-corrected chi connectivity index (χ0v) is 36.1. The Morgan fingerprint density at radius 2 is 1.20 bits per heavy atom. The first-order valence-corrected chi connectivity index (χ1v) is 22.4. The Labute approximate surface area is 354 Å². The molecule has 0 aromatic rings. The third kappa shape index (κ3) is 12.2. The normalized spacial score (nSPS) is 34.1. The maximum atomic E-state index is 13.2. The molecule has 0 spiro atoms. The molecule has 340 valence electrons. The third-order valence-corrected chi connectivity index (χ3v) is 15.8. The van der Waals surface area contributed by atoms with Crippen molar-refractivity contribution in [2.75, 3.05) is 85.1 Å². The van der Waals surface area contributed by atoms with Gasteiger partial charge >= 0.3 is 23.9 Å². The number of rotatable bonds is 16. The monoisotopic (exact) mass is 849 g/mol. The summed E-state index contributed by atoms with van der Waals surface area (Å²) in [6.07, 6.45) is 8.29. The number of aliphatic hydroxyl groups is 1. The molecule has 7 N–H and O–H groups in total. The van der Waals surface area contributed by atoms with Crippen molar-refractivity contribution in [1.29, 1.82) is 0 Å². The fourth-order valence-electron chi connectivity index (χ4n) is 12.5. The van der Waals surface area contributed by atoms with Gasteiger partial charge in [0.1, 0.15) is 0 Å². The van der Waals surface area contributed by atoms with E-state index in [1.807, 2.05) is 4.90 Å². The molecular formula is C43H72N6O11. The topological polar surface area (TPSA) is 241 Å². The lowest BCUT2D eigenvalue weighted by molar-refractivity contribution is -0.170. The lowest BCUT2D eigenvalue weighted by Crippen LogP contribution is -2.59. The van der Waals surface area contributed by atoms with Gasteiger partial charge in [0.05, 0.1) is 32.3 Å². The zero-order valence-electron chi connectivity index (χ0n) is 36.1. The number of hydrogen-bond acceptors (Lipinski definition) is 11. The van der Waals surface area contributed by atoms with Crippen LogP contribution in [0.2, 0.25) is 0 Å². The molecule has 0 bridgehead atoms. The van der Waals surface area contributed by atoms with Crippen molar-refractivity contribution in [2.24, 2.45) is 46.3 Å². The van der Waals surface area contributed by atoms with E-state index in [1.165, 1.54) is 0 Å². The maximum absolute atomic E-state index is 13.2. The molecule has 17 heteroatoms. The summed E-state index contributed by atoms with van der Waals surface area (Å²) in [5, 5.41) is 55.5. The minimum atomic E-state index is -1.02. The van der Waals surface area contributed by atoms with Crippen LogP contribution in [0.3, 0.4) is 0 Å². The molecule has 2 amide bonds. The van der Waals surface area contributed by atoms with Crippen LogP contribution in [-0.2, 0) is 28.8 Å². The highest BCUT2D eigenvalue weighted by atomic mass is 16.4. The van der Waals surface area contributed by atoms with Crippen molar-refractivity contribution in [1.82, 2.24) is 30.2 Å². The van der Waals surface area contributed by atoms with Gasteiger partial charge < -0.3 is 41.1 Å². The molecule has 1 saturated heterocycles. The van der Waals surface area contributed by atoms with Gasteiger partial charge in [-0.2, -0.15) is 0 Å². The maximum Gasteiger partial charge on any atom is 0.317 e. The number of carbonyl (C=O) groups excluding carboxylic acids is 2. The van der Waals surface area contributed by atoms with E-state index in [0.29, 0.717) is 94.9 Å². The van der Waals surface area contributed by atoms with E-state index in [4.69, 9.17) is 0 Å². The largest absolute Gasteiger partial charge is 0.481 e. The Kier molecular flexibility index (Phi) is 16.8. The van der Waals surface area contributed by atoms with Crippen LogP contribution >= 0.6 is 0 Å². The second-order valence-corrected chi connectivity index (χ2v) is 19.3. The van der Waals surface area contributed by atoms with Gasteiger partial charge in [-0.25, -0.2) is 0 Å². The molecule has 1 aliphatic heterocycles. The fourth-order valence-corrected chi connectivity index (χ4v) is 12.5. The second-order valence-electron chi connectivity index (χ2n) is 19.3. The molecule has 5 fully saturated rings. The molecule has 0 radical (unpaired) electrons. The van der Waals surface area contributed by atoms with Crippen LogP contribution in [0.5, 0.6) is 0 Å². The molecule has 0 unspecified atom stereocenters. The molecule has 10 atom stereocenters. The second kappa shape index (κ2) is 21.1. The van der Waals surface area contributed by atoms with Crippen molar-refractivity contribution < 1.29 is 54.3 Å². The number of hydrogen-bond donors (Lipinski definition) is 7. The van der Waals surface area contributed by atoms with Crippen LogP contribution in [0.15, 0.2) is 0 Å². The molecule has 0 aromatic carbocycles. The summed E-state index contributed by atoms with van der Waals surface area (Å²) in [5.41, 5.74) is -0.115. The number of carboxylic acid groups (broad SMARTS) is 4. The summed E-state index contributed by atoms with van der Waals surface area (Å²) in [5.74, 6) is -1.92. The number of aliphatic carboxylic acids is 4. The highest BCUT2D eigenvalue weighted by Gasteiger charge is 2.63. The van der Waals surface area contributed by atoms with E-state index in [2.05, 4.69) is 31.4 Å². The zero-order chi connectivity index (χ0) is 43.8. The van der Waals surface area contributed by atoms with Gasteiger partial charge in [0.2, 0.25) is 11.8 Å². The first-order chi connectivity index (χ1) is 28.4. The number of nitrogens with one attached hydrogen (secondary N) is 2. The first kappa shape index (κ1) is 47.7. The van der Waals surface area contributed by atoms with Crippen molar-refractivity contribution in [3.63, 3.8) is 0 Å². The summed E-state index contributed by atoms with van der Waals surface area (Å²) in [7, 11) is 0. The third-order valence-electron chi connectivity index (χ3n) is 15.8. The average Bonchev–Trinajstić information content (AvgIpc) is 3.54. The smallest absolute Gasteiger partial charge is 0.317 e. The summed E-state index contributed by atoms with van der Waals surface area (Å²) >= 11 is 0. The van der Waals surface area contributed by atoms with Crippen molar-refractivity contribution in [3.05, 3.63) is 0 Å². The van der Waals surface area contributed by atoms with Crippen LogP contribution < -0.4 is 10.6 Å². The van der Waals surface area contributed by atoms with Crippen molar-refractivity contribution in [3.8, 4) is 0 Å². The molecule has 17 nitrogen and oxygen atoms in total. The highest BCUT2D eigenvalue weighted by Crippen LogP contribution is 2.68. The van der Waals surface area contributed by atoms with Gasteiger partial charge in [-0.15, -0.1) is 0 Å². The predicted molar refractivity (Wildman–Crippen MR) is 221 cm³/mol. The number of nitrogens with zero attached hydrogens (tertiary/aromatic N) is 4. The molecule has 0 aromatic heterocycles. The summed E-state index contributed by atoms with van der Waals surface area (Å²) in [6.45, 7) is 9.12. The van der Waals surface area contributed by atoms with E-state index in [-0.39, 0.29) is 73.6 Å². The van der Waals surface area contributed by atoms with E-state index in [9.17, 15) is 54.3 Å². The fraction of sp³-hybridized carbons (Fsp3) is 0.860. The van der Waals surface area contributed by atoms with E-state index >= 15 is 0 Å². The quantitative estimate of drug-likeness (QED) is 0.117. The average molecular weight is 849 g/mol. The Morgan fingerprint density at radius 1 is 0.650 bits per heavy atom. The molecule has 60 heavy (non-hydrogen) atoms. The number of amides is 2. The SMILES string of the molecule is C[C@H](CCC(=O)O)[C@H]1CC[C@H]2[C@@H]3CC[C@@H]4C[C@H](NC(=O)CNC(=O)CCN5CCN(CC(=O)O)CCN(CC(=O)O)CCN(CC(=O)O)CC5)CC[C@]4(C)[C@H]3C[C@H](O)[C@]12C. The van der Waals surface area contributed by atoms with Crippen LogP contribution in [0.1, 0.15) is 91.4 Å². The molecule has 1 heterocycles. The van der Waals surface area contributed by atoms with Crippen LogP contribution in [-0.4, -0.2) is 178 Å². The van der Waals surface area contributed by atoms with Crippen molar-refractivity contribution >= 4 is 35.7 Å². The molecule has 5 rings (SSSR count). The highest BCUT2D eigenvalue weighted by molar-refractivity contribution is 5.84. The lowest BCUT2D eigenvalue weighted by atomic mass is 9.43. The number of carbonyl (C=O) groups is 6. The van der Waals surface area contributed by atoms with Crippen LogP contribution in [0.25, 0.3) is 0 Å². The Hall–Kier alpha value is -3.38. The van der Waals surface area contributed by atoms with Gasteiger partial charge in [-0.1, -0.05) is 20.8 Å². The molecular weight excluding hydrogens is 777 g/mol. The van der Waals surface area contributed by atoms with E-state index in [1.54, 1.807) is 14.7 Å². The standard InChI is InChI=1S/C43H72N6O11/c1-28(4-9-38(53)54)32-7-8-33-31-6-5-29-22-30(10-12-42(29,2)34(31)23-35(50)43(32,33)3)45-37(52)24-44-36(51)11-13-46-14-16-47(25-39(55)56)18-20-49(27-41(59)60)21-19-48(17-15-46)26-40(57)58/h28-35,50H,4-27H2,1-3H3,(H,44,51)(H,45,52)(H,53,54)(H,55,56)(H,57,58)(H,59,60)/t28-,29-,30-,31+,32-,33+,34+,35+,42+,43-/m1/s1. The molecule has 4 saturated carbocycles. The van der Waals surface area contributed by atoms with Gasteiger partial charge in [-0.05, 0) is 104 Å². The Morgan fingerprint density at radius 3 is 1.73 bits per heavy atom. The number of aliphatic hydroxyl groups excluding tert-OH is 1. The van der Waals surface area contributed by atoms with E-state index < -0.39 is 30.0 Å². The van der Waals surface area contributed by atoms with E-state index in [0.717, 1.165) is 51.4 Å². The summed E-state index contributed by atoms with van der Waals surface area (Å²) in [6, 6.07) is 0.00906. The van der Waals surface area contributed by atoms with Gasteiger partial charge in [-0.3, -0.25) is 43.5 Å². The summed E-state index contributed by atoms with van der Waals surface area (Å²) < 4.78 is 0. The first-order valence-electron chi connectivity index (χ1n) is 22.4. The van der Waals surface area contributed by atoms with Gasteiger partial charge in [0, 0.05) is 77.8 Å². The summed E-state index contributed by atoms with van der Waals surface area (Å²) in [4.78, 5) is 79.3. The van der Waals surface area contributed by atoms with Crippen LogP contribution in [0, 0.1) is 46.3 Å². The number of carboxylic acids is 4. The Balaban J connectivity index is 1.09. The minimum absolute atomic E-state index is 0.00906.